The van der Waals surface area contributed by atoms with E-state index in [9.17, 15) is 0 Å². The Bertz CT molecular complexity index is 101. The number of rotatable bonds is 1. The number of hydrogen-bond acceptors (Lipinski definition) is 2. The summed E-state index contributed by atoms with van der Waals surface area (Å²) >= 11 is 0. The fraction of sp³-hybridized carbons (Fsp3) is 0.200. The van der Waals surface area contributed by atoms with Crippen LogP contribution in [-0.4, -0.2) is 5.11 Å². The van der Waals surface area contributed by atoms with E-state index >= 15 is 0 Å². The first kappa shape index (κ1) is 6.08. The van der Waals surface area contributed by atoms with Crippen molar-refractivity contribution in [3.63, 3.8) is 0 Å². The summed E-state index contributed by atoms with van der Waals surface area (Å²) in [5.41, 5.74) is 5.60. The Morgan fingerprint density at radius 2 is 2.29 bits per heavy atom. The Balaban J connectivity index is 3.68. The molecule has 0 aliphatic rings. The molecule has 7 heavy (non-hydrogen) atoms. The highest BCUT2D eigenvalue weighted by Crippen LogP contribution is 1.88. The summed E-state index contributed by atoms with van der Waals surface area (Å²) in [6.45, 7) is 5.23. The summed E-state index contributed by atoms with van der Waals surface area (Å²) in [7, 11) is 0. The van der Waals surface area contributed by atoms with Crippen LogP contribution in [0.3, 0.4) is 0 Å². The third-order valence-electron chi connectivity index (χ3n) is 0.394. The smallest absolute Gasteiger partial charge is 0.181 e. The van der Waals surface area contributed by atoms with E-state index in [1.165, 1.54) is 6.08 Å². The van der Waals surface area contributed by atoms with Crippen molar-refractivity contribution in [1.82, 2.24) is 0 Å². The zero-order valence-electron chi connectivity index (χ0n) is 4.31. The minimum absolute atomic E-state index is 0.187. The lowest BCUT2D eigenvalue weighted by molar-refractivity contribution is 0.405. The second kappa shape index (κ2) is 2.29. The van der Waals surface area contributed by atoms with E-state index in [2.05, 4.69) is 6.58 Å². The van der Waals surface area contributed by atoms with Gasteiger partial charge >= 0.3 is 0 Å². The van der Waals surface area contributed by atoms with E-state index in [1.54, 1.807) is 6.92 Å². The molecule has 0 rings (SSSR count). The molecule has 0 atom stereocenters. The number of hydrogen-bond donors (Lipinski definition) is 2. The normalized spacial score (nSPS) is 11.3. The fourth-order valence-electron chi connectivity index (χ4n) is 0.252. The largest absolute Gasteiger partial charge is 0.495 e. The molecule has 2 heteroatoms. The lowest BCUT2D eigenvalue weighted by atomic mass is 10.3. The molecule has 40 valence electrons. The lowest BCUT2D eigenvalue weighted by Gasteiger charge is -1.85. The molecule has 0 aliphatic carbocycles. The molecular formula is C5H9NO. The van der Waals surface area contributed by atoms with Gasteiger partial charge in [-0.25, -0.2) is 0 Å². The molecule has 0 unspecified atom stereocenters. The van der Waals surface area contributed by atoms with Crippen LogP contribution in [0.5, 0.6) is 0 Å². The van der Waals surface area contributed by atoms with Gasteiger partial charge < -0.3 is 10.8 Å². The maximum absolute atomic E-state index is 8.30. The van der Waals surface area contributed by atoms with Crippen LogP contribution in [0.1, 0.15) is 6.92 Å². The zero-order chi connectivity index (χ0) is 5.86. The van der Waals surface area contributed by atoms with Gasteiger partial charge in [-0.1, -0.05) is 12.2 Å². The van der Waals surface area contributed by atoms with Gasteiger partial charge in [0, 0.05) is 0 Å². The van der Waals surface area contributed by atoms with Gasteiger partial charge in [0.05, 0.1) is 0 Å². The number of aliphatic hydroxyl groups excluding tert-OH is 1. The highest BCUT2D eigenvalue weighted by molar-refractivity contribution is 5.11. The molecule has 0 fully saturated rings. The van der Waals surface area contributed by atoms with Crippen molar-refractivity contribution in [2.45, 2.75) is 6.92 Å². The average Bonchev–Trinajstić information content (AvgIpc) is 1.27. The summed E-state index contributed by atoms with van der Waals surface area (Å²) in [6, 6.07) is 0. The van der Waals surface area contributed by atoms with Gasteiger partial charge in [-0.3, -0.25) is 0 Å². The molecule has 0 amide bonds. The van der Waals surface area contributed by atoms with Crippen molar-refractivity contribution in [3.8, 4) is 0 Å². The maximum Gasteiger partial charge on any atom is 0.181 e. The van der Waals surface area contributed by atoms with Crippen LogP contribution in [0.2, 0.25) is 0 Å². The molecule has 0 aromatic rings. The van der Waals surface area contributed by atoms with Crippen LogP contribution < -0.4 is 5.73 Å². The van der Waals surface area contributed by atoms with Gasteiger partial charge in [0.1, 0.15) is 0 Å². The van der Waals surface area contributed by atoms with Crippen LogP contribution in [0.15, 0.2) is 24.1 Å². The highest BCUT2D eigenvalue weighted by atomic mass is 16.3. The summed E-state index contributed by atoms with van der Waals surface area (Å²) in [5.74, 6) is -0.187. The summed E-state index contributed by atoms with van der Waals surface area (Å²) in [5, 5.41) is 8.30. The number of aliphatic hydroxyl groups is 1. The topological polar surface area (TPSA) is 46.2 Å². The molecule has 0 radical (unpaired) electrons. The Morgan fingerprint density at radius 1 is 1.86 bits per heavy atom. The summed E-state index contributed by atoms with van der Waals surface area (Å²) in [4.78, 5) is 0. The molecule has 0 saturated heterocycles. The molecule has 0 bridgehead atoms. The van der Waals surface area contributed by atoms with Crippen molar-refractivity contribution in [2.24, 2.45) is 5.73 Å². The van der Waals surface area contributed by atoms with Crippen molar-refractivity contribution < 1.29 is 5.11 Å². The average molecular weight is 99.1 g/mol. The van der Waals surface area contributed by atoms with Crippen LogP contribution in [0.25, 0.3) is 0 Å². The van der Waals surface area contributed by atoms with E-state index in [0.717, 1.165) is 5.57 Å². The number of nitrogens with two attached hydrogens (primary N) is 1. The second-order valence-corrected chi connectivity index (χ2v) is 1.42. The van der Waals surface area contributed by atoms with E-state index in [0.29, 0.717) is 0 Å². The van der Waals surface area contributed by atoms with E-state index in [1.807, 2.05) is 0 Å². The van der Waals surface area contributed by atoms with Gasteiger partial charge in [0.15, 0.2) is 5.88 Å². The molecule has 3 N–H and O–H groups in total. The summed E-state index contributed by atoms with van der Waals surface area (Å²) in [6.07, 6.45) is 1.39. The number of allylic oxidation sites excluding steroid dienone is 2. The van der Waals surface area contributed by atoms with Gasteiger partial charge in [0.25, 0.3) is 0 Å². The predicted octanol–water partition coefficient (Wildman–Crippen LogP) is 0.921. The first-order valence-electron chi connectivity index (χ1n) is 1.94. The second-order valence-electron chi connectivity index (χ2n) is 1.42. The first-order valence-corrected chi connectivity index (χ1v) is 1.94. The Kier molecular flexibility index (Phi) is 1.99. The monoisotopic (exact) mass is 99.1 g/mol. The van der Waals surface area contributed by atoms with Crippen LogP contribution in [-0.2, 0) is 0 Å². The minimum atomic E-state index is -0.187. The third kappa shape index (κ3) is 5.08. The van der Waals surface area contributed by atoms with Crippen molar-refractivity contribution in [2.75, 3.05) is 0 Å². The predicted molar refractivity (Wildman–Crippen MR) is 29.7 cm³/mol. The fourth-order valence-corrected chi connectivity index (χ4v) is 0.252. The molecule has 0 aromatic heterocycles. The SMILES string of the molecule is C=C(C)/C=C(\N)O. The van der Waals surface area contributed by atoms with Gasteiger partial charge in [-0.2, -0.15) is 0 Å². The molecule has 0 aromatic carbocycles. The van der Waals surface area contributed by atoms with Crippen molar-refractivity contribution >= 4 is 0 Å². The van der Waals surface area contributed by atoms with E-state index < -0.39 is 0 Å². The van der Waals surface area contributed by atoms with Crippen LogP contribution in [0.4, 0.5) is 0 Å². The van der Waals surface area contributed by atoms with Gasteiger partial charge in [-0.05, 0) is 13.0 Å². The van der Waals surface area contributed by atoms with Crippen molar-refractivity contribution in [1.29, 1.82) is 0 Å². The minimum Gasteiger partial charge on any atom is -0.495 e. The Labute approximate surface area is 43.0 Å². The van der Waals surface area contributed by atoms with Crippen molar-refractivity contribution in [3.05, 3.63) is 24.1 Å². The summed E-state index contributed by atoms with van der Waals surface area (Å²) < 4.78 is 0. The van der Waals surface area contributed by atoms with E-state index in [-0.39, 0.29) is 5.88 Å². The maximum atomic E-state index is 8.30. The van der Waals surface area contributed by atoms with Gasteiger partial charge in [0.2, 0.25) is 0 Å². The molecule has 0 saturated carbocycles. The Morgan fingerprint density at radius 3 is 2.29 bits per heavy atom. The quantitative estimate of drug-likeness (QED) is 0.379. The molecular weight excluding hydrogens is 90.1 g/mol. The first-order chi connectivity index (χ1) is 3.13. The standard InChI is InChI=1S/C5H9NO/c1-4(2)3-5(6)7/h3,7H,1,6H2,2H3/b5-3+. The van der Waals surface area contributed by atoms with Gasteiger partial charge in [-0.15, -0.1) is 0 Å². The molecule has 2 nitrogen and oxygen atoms in total. The zero-order valence-corrected chi connectivity index (χ0v) is 4.31. The molecule has 0 aliphatic heterocycles. The molecule has 0 heterocycles. The van der Waals surface area contributed by atoms with Crippen LogP contribution >= 0.6 is 0 Å². The molecule has 0 spiro atoms. The van der Waals surface area contributed by atoms with E-state index in [4.69, 9.17) is 10.8 Å². The van der Waals surface area contributed by atoms with Crippen LogP contribution in [0, 0.1) is 0 Å². The lowest BCUT2D eigenvalue weighted by Crippen LogP contribution is -1.93. The third-order valence-corrected chi connectivity index (χ3v) is 0.394. The highest BCUT2D eigenvalue weighted by Gasteiger charge is 1.76. The Hall–Kier alpha value is -0.920.